The van der Waals surface area contributed by atoms with Gasteiger partial charge < -0.3 is 19.2 Å². The van der Waals surface area contributed by atoms with E-state index in [-0.39, 0.29) is 23.2 Å². The average molecular weight is 461 g/mol. The highest BCUT2D eigenvalue weighted by Gasteiger charge is 2.32. The second kappa shape index (κ2) is 9.51. The predicted molar refractivity (Wildman–Crippen MR) is 112 cm³/mol. The second-order valence-electron chi connectivity index (χ2n) is 8.00. The van der Waals surface area contributed by atoms with Gasteiger partial charge in [0.2, 0.25) is 5.89 Å². The van der Waals surface area contributed by atoms with E-state index in [1.807, 2.05) is 0 Å². The van der Waals surface area contributed by atoms with E-state index in [2.05, 4.69) is 26.9 Å². The van der Waals surface area contributed by atoms with Crippen molar-refractivity contribution in [3.05, 3.63) is 49.1 Å². The van der Waals surface area contributed by atoms with E-state index in [0.29, 0.717) is 17.0 Å². The van der Waals surface area contributed by atoms with E-state index >= 15 is 0 Å². The first kappa shape index (κ1) is 22.6. The molecule has 4 rings (SSSR count). The molecule has 2 heterocycles. The molecule has 1 aliphatic rings. The Morgan fingerprint density at radius 2 is 1.88 bits per heavy atom. The Balaban J connectivity index is 1.59. The van der Waals surface area contributed by atoms with Crippen molar-refractivity contribution in [2.75, 3.05) is 0 Å². The second-order valence-corrected chi connectivity index (χ2v) is 8.00. The summed E-state index contributed by atoms with van der Waals surface area (Å²) >= 11 is 0. The van der Waals surface area contributed by atoms with Gasteiger partial charge >= 0.3 is 12.5 Å². The number of halogens is 3. The summed E-state index contributed by atoms with van der Waals surface area (Å²) < 4.78 is 53.7. The SMILES string of the molecule is CC1CCC(NC(=O)Oc2ccc(OC(F)(F)F)c(-c3cncc(-c4ncco4)c3)c2)CC1. The number of rotatable bonds is 5. The van der Waals surface area contributed by atoms with Crippen LogP contribution >= 0.6 is 0 Å². The summed E-state index contributed by atoms with van der Waals surface area (Å²) in [7, 11) is 0. The Morgan fingerprint density at radius 1 is 1.12 bits per heavy atom. The molecule has 0 saturated heterocycles. The van der Waals surface area contributed by atoms with Crippen LogP contribution in [-0.4, -0.2) is 28.5 Å². The Hall–Kier alpha value is -3.56. The summed E-state index contributed by atoms with van der Waals surface area (Å²) in [6.45, 7) is 2.17. The monoisotopic (exact) mass is 461 g/mol. The third-order valence-corrected chi connectivity index (χ3v) is 5.45. The fourth-order valence-corrected chi connectivity index (χ4v) is 3.79. The zero-order chi connectivity index (χ0) is 23.4. The molecular weight excluding hydrogens is 439 g/mol. The summed E-state index contributed by atoms with van der Waals surface area (Å²) in [6, 6.07) is 5.23. The number of nitrogens with one attached hydrogen (secondary N) is 1. The zero-order valence-corrected chi connectivity index (χ0v) is 17.8. The number of carbonyl (C=O) groups is 1. The van der Waals surface area contributed by atoms with Gasteiger partial charge in [0.1, 0.15) is 17.8 Å². The molecule has 0 atom stereocenters. The zero-order valence-electron chi connectivity index (χ0n) is 17.8. The molecule has 1 aliphatic carbocycles. The van der Waals surface area contributed by atoms with E-state index in [1.54, 1.807) is 6.07 Å². The van der Waals surface area contributed by atoms with Crippen LogP contribution < -0.4 is 14.8 Å². The number of nitrogens with zero attached hydrogens (tertiary/aromatic N) is 2. The number of pyridine rings is 1. The van der Waals surface area contributed by atoms with E-state index in [1.165, 1.54) is 37.0 Å². The van der Waals surface area contributed by atoms with Crippen molar-refractivity contribution in [2.45, 2.75) is 45.0 Å². The molecule has 2 aromatic heterocycles. The van der Waals surface area contributed by atoms with Crippen LogP contribution in [0.3, 0.4) is 0 Å². The minimum absolute atomic E-state index is 0.0164. The molecule has 1 saturated carbocycles. The fourth-order valence-electron chi connectivity index (χ4n) is 3.79. The molecule has 10 heteroatoms. The molecule has 174 valence electrons. The number of hydrogen-bond acceptors (Lipinski definition) is 6. The molecule has 7 nitrogen and oxygen atoms in total. The molecule has 0 spiro atoms. The molecule has 0 radical (unpaired) electrons. The van der Waals surface area contributed by atoms with Crippen LogP contribution in [0, 0.1) is 5.92 Å². The molecule has 1 N–H and O–H groups in total. The Morgan fingerprint density at radius 3 is 2.58 bits per heavy atom. The van der Waals surface area contributed by atoms with Crippen molar-refractivity contribution in [3.63, 3.8) is 0 Å². The number of benzene rings is 1. The lowest BCUT2D eigenvalue weighted by atomic mass is 9.87. The van der Waals surface area contributed by atoms with Crippen LogP contribution in [0.2, 0.25) is 0 Å². The topological polar surface area (TPSA) is 86.5 Å². The summed E-state index contributed by atoms with van der Waals surface area (Å²) in [5, 5.41) is 2.82. The maximum Gasteiger partial charge on any atom is 0.573 e. The number of aromatic nitrogens is 2. The van der Waals surface area contributed by atoms with Crippen LogP contribution in [-0.2, 0) is 0 Å². The van der Waals surface area contributed by atoms with Crippen molar-refractivity contribution < 1.29 is 31.9 Å². The maximum atomic E-state index is 13.0. The van der Waals surface area contributed by atoms with Gasteiger partial charge in [-0.3, -0.25) is 4.98 Å². The molecule has 3 aromatic rings. The van der Waals surface area contributed by atoms with Gasteiger partial charge in [-0.2, -0.15) is 0 Å². The van der Waals surface area contributed by atoms with Crippen LogP contribution in [0.1, 0.15) is 32.6 Å². The Labute approximate surface area is 187 Å². The quantitative estimate of drug-likeness (QED) is 0.504. The number of alkyl halides is 3. The van der Waals surface area contributed by atoms with Gasteiger partial charge in [-0.1, -0.05) is 6.92 Å². The standard InChI is InChI=1S/C23H22F3N3O4/c1-14-2-4-17(5-3-14)29-22(30)32-18-6-7-20(33-23(24,25)26)19(11-18)15-10-16(13-27-12-15)21-28-8-9-31-21/h6-14,17H,2-5H2,1H3,(H,29,30). The number of carbonyl (C=O) groups excluding carboxylic acids is 1. The smallest absolute Gasteiger partial charge is 0.444 e. The largest absolute Gasteiger partial charge is 0.573 e. The predicted octanol–water partition coefficient (Wildman–Crippen LogP) is 5.97. The normalized spacial score (nSPS) is 18.5. The first-order valence-corrected chi connectivity index (χ1v) is 10.5. The molecular formula is C23H22F3N3O4. The minimum Gasteiger partial charge on any atom is -0.444 e. The van der Waals surface area contributed by atoms with Crippen LogP contribution in [0.15, 0.2) is 53.5 Å². The van der Waals surface area contributed by atoms with E-state index < -0.39 is 18.2 Å². The van der Waals surface area contributed by atoms with Crippen molar-refractivity contribution >= 4 is 6.09 Å². The number of hydrogen-bond donors (Lipinski definition) is 1. The molecule has 0 bridgehead atoms. The molecule has 1 aromatic carbocycles. The average Bonchev–Trinajstić information content (AvgIpc) is 3.31. The summed E-state index contributed by atoms with van der Waals surface area (Å²) in [6.07, 6.45) is 3.87. The Kier molecular flexibility index (Phi) is 6.52. The number of ether oxygens (including phenoxy) is 2. The molecule has 1 fully saturated rings. The lowest BCUT2D eigenvalue weighted by molar-refractivity contribution is -0.274. The first-order chi connectivity index (χ1) is 15.8. The van der Waals surface area contributed by atoms with Crippen molar-refractivity contribution in [1.29, 1.82) is 0 Å². The fraction of sp³-hybridized carbons (Fsp3) is 0.348. The third kappa shape index (κ3) is 6.03. The third-order valence-electron chi connectivity index (χ3n) is 5.45. The van der Waals surface area contributed by atoms with Gasteiger partial charge in [-0.15, -0.1) is 13.2 Å². The maximum absolute atomic E-state index is 13.0. The van der Waals surface area contributed by atoms with Gasteiger partial charge in [-0.25, -0.2) is 9.78 Å². The van der Waals surface area contributed by atoms with E-state index in [0.717, 1.165) is 31.7 Å². The summed E-state index contributed by atoms with van der Waals surface area (Å²) in [5.41, 5.74) is 0.813. The minimum atomic E-state index is -4.90. The van der Waals surface area contributed by atoms with Crippen LogP contribution in [0.4, 0.5) is 18.0 Å². The van der Waals surface area contributed by atoms with Crippen molar-refractivity contribution in [2.24, 2.45) is 5.92 Å². The highest BCUT2D eigenvalue weighted by atomic mass is 19.4. The van der Waals surface area contributed by atoms with Gasteiger partial charge in [-0.05, 0) is 55.9 Å². The Bertz CT molecular complexity index is 1090. The van der Waals surface area contributed by atoms with E-state index in [9.17, 15) is 18.0 Å². The van der Waals surface area contributed by atoms with Gasteiger partial charge in [0.25, 0.3) is 0 Å². The summed E-state index contributed by atoms with van der Waals surface area (Å²) in [5.74, 6) is 0.505. The van der Waals surface area contributed by atoms with Crippen LogP contribution in [0.25, 0.3) is 22.6 Å². The molecule has 0 aliphatic heterocycles. The molecule has 33 heavy (non-hydrogen) atoms. The van der Waals surface area contributed by atoms with Crippen LogP contribution in [0.5, 0.6) is 11.5 Å². The lowest BCUT2D eigenvalue weighted by Gasteiger charge is -2.26. The van der Waals surface area contributed by atoms with Gasteiger partial charge in [0.05, 0.1) is 11.8 Å². The molecule has 0 unspecified atom stereocenters. The van der Waals surface area contributed by atoms with Crippen molar-refractivity contribution in [3.8, 4) is 34.1 Å². The first-order valence-electron chi connectivity index (χ1n) is 10.5. The molecule has 1 amide bonds. The van der Waals surface area contributed by atoms with Gasteiger partial charge in [0.15, 0.2) is 0 Å². The number of oxazole rings is 1. The van der Waals surface area contributed by atoms with Crippen molar-refractivity contribution in [1.82, 2.24) is 15.3 Å². The van der Waals surface area contributed by atoms with E-state index in [4.69, 9.17) is 9.15 Å². The van der Waals surface area contributed by atoms with Gasteiger partial charge in [0, 0.05) is 29.6 Å². The lowest BCUT2D eigenvalue weighted by Crippen LogP contribution is -2.39. The highest BCUT2D eigenvalue weighted by Crippen LogP contribution is 2.37. The number of amides is 1. The summed E-state index contributed by atoms with van der Waals surface area (Å²) in [4.78, 5) is 20.5. The highest BCUT2D eigenvalue weighted by molar-refractivity contribution is 5.76.